The van der Waals surface area contributed by atoms with Crippen molar-refractivity contribution in [3.8, 4) is 6.07 Å². The van der Waals surface area contributed by atoms with E-state index in [1.165, 1.54) is 24.2 Å². The van der Waals surface area contributed by atoms with E-state index in [9.17, 15) is 10.1 Å². The average Bonchev–Trinajstić information content (AvgIpc) is 3.64. The van der Waals surface area contributed by atoms with Gasteiger partial charge in [-0.05, 0) is 51.2 Å². The molecule has 3 aromatic heterocycles. The van der Waals surface area contributed by atoms with Crippen molar-refractivity contribution in [3.63, 3.8) is 0 Å². The lowest BCUT2D eigenvalue weighted by Gasteiger charge is -2.40. The maximum Gasteiger partial charge on any atom is 0.228 e. The van der Waals surface area contributed by atoms with Gasteiger partial charge in [0.15, 0.2) is 5.82 Å². The molecule has 3 atom stereocenters. The second-order valence-corrected chi connectivity index (χ2v) is 11.2. The number of tetrazole rings is 1. The van der Waals surface area contributed by atoms with E-state index in [2.05, 4.69) is 72.4 Å². The highest BCUT2D eigenvalue weighted by Crippen LogP contribution is 2.42. The number of nitriles is 1. The number of rotatable bonds is 9. The minimum atomic E-state index is -0.165. The highest BCUT2D eigenvalue weighted by molar-refractivity contribution is 7.12. The largest absolute Gasteiger partial charge is 0.348 e. The number of piperidine rings is 1. The van der Waals surface area contributed by atoms with Gasteiger partial charge in [0.05, 0.1) is 12.5 Å². The molecule has 0 saturated carbocycles. The van der Waals surface area contributed by atoms with Gasteiger partial charge in [-0.1, -0.05) is 19.1 Å². The van der Waals surface area contributed by atoms with Gasteiger partial charge in [-0.25, -0.2) is 0 Å². The van der Waals surface area contributed by atoms with Crippen LogP contribution in [0.25, 0.3) is 0 Å². The van der Waals surface area contributed by atoms with Gasteiger partial charge >= 0.3 is 0 Å². The maximum absolute atomic E-state index is 12.7. The van der Waals surface area contributed by atoms with Crippen LogP contribution in [0.4, 0.5) is 0 Å². The number of carbonyl (C=O) groups excluding carboxylic acids is 1. The Morgan fingerprint density at radius 1 is 1.22 bits per heavy atom. The lowest BCUT2D eigenvalue weighted by Crippen LogP contribution is -2.45. The quantitative estimate of drug-likeness (QED) is 0.449. The number of thiophene rings is 1. The van der Waals surface area contributed by atoms with Crippen molar-refractivity contribution >= 4 is 17.2 Å². The molecule has 2 aliphatic rings. The molecule has 11 nitrogen and oxygen atoms in total. The minimum absolute atomic E-state index is 0.0661. The molecule has 5 rings (SSSR count). The molecular formula is C24H32N10OS. The van der Waals surface area contributed by atoms with Gasteiger partial charge in [0.25, 0.3) is 0 Å². The van der Waals surface area contributed by atoms with E-state index >= 15 is 0 Å². The van der Waals surface area contributed by atoms with E-state index in [1.54, 1.807) is 0 Å². The van der Waals surface area contributed by atoms with Crippen LogP contribution in [0.5, 0.6) is 0 Å². The predicted octanol–water partition coefficient (Wildman–Crippen LogP) is 2.81. The van der Waals surface area contributed by atoms with Crippen molar-refractivity contribution in [3.05, 3.63) is 39.4 Å². The summed E-state index contributed by atoms with van der Waals surface area (Å²) in [6, 6.07) is 7.29. The van der Waals surface area contributed by atoms with Crippen molar-refractivity contribution < 1.29 is 4.79 Å². The zero-order valence-electron chi connectivity index (χ0n) is 20.9. The van der Waals surface area contributed by atoms with Crippen molar-refractivity contribution in [1.29, 1.82) is 5.26 Å². The third-order valence-electron chi connectivity index (χ3n) is 7.43. The van der Waals surface area contributed by atoms with E-state index in [0.717, 1.165) is 42.3 Å². The normalized spacial score (nSPS) is 22.6. The lowest BCUT2D eigenvalue weighted by atomic mass is 9.95. The summed E-state index contributed by atoms with van der Waals surface area (Å²) in [6.07, 6.45) is 5.45. The predicted molar refractivity (Wildman–Crippen MR) is 133 cm³/mol. The molecule has 1 amide bonds. The molecule has 0 aromatic carbocycles. The zero-order chi connectivity index (χ0) is 25.2. The van der Waals surface area contributed by atoms with Crippen LogP contribution in [0.15, 0.2) is 12.1 Å². The molecule has 12 heteroatoms. The fraction of sp³-hybridized carbons (Fsp3) is 0.625. The fourth-order valence-corrected chi connectivity index (χ4v) is 6.75. The average molecular weight is 509 g/mol. The van der Waals surface area contributed by atoms with Crippen molar-refractivity contribution in [2.75, 3.05) is 6.54 Å². The van der Waals surface area contributed by atoms with Gasteiger partial charge in [0.2, 0.25) is 5.91 Å². The van der Waals surface area contributed by atoms with Crippen LogP contribution in [0.1, 0.15) is 91.2 Å². The summed E-state index contributed by atoms with van der Waals surface area (Å²) in [7, 11) is 0. The summed E-state index contributed by atoms with van der Waals surface area (Å²) in [5, 5.41) is 35.0. The van der Waals surface area contributed by atoms with Crippen LogP contribution < -0.4 is 5.32 Å². The third-order valence-corrected chi connectivity index (χ3v) is 8.54. The Kier molecular flexibility index (Phi) is 7.11. The first kappa shape index (κ1) is 24.5. The summed E-state index contributed by atoms with van der Waals surface area (Å²) in [6.45, 7) is 7.32. The summed E-state index contributed by atoms with van der Waals surface area (Å²) < 4.78 is 2.38. The Hall–Kier alpha value is -3.17. The topological polar surface area (TPSA) is 141 Å². The van der Waals surface area contributed by atoms with Crippen LogP contribution in [-0.2, 0) is 11.2 Å². The van der Waals surface area contributed by atoms with E-state index in [1.807, 2.05) is 12.1 Å². The molecule has 0 spiro atoms. The summed E-state index contributed by atoms with van der Waals surface area (Å²) >= 11 is 1.44. The molecule has 3 aromatic rings. The maximum atomic E-state index is 12.7. The number of hydrogen-bond acceptors (Lipinski definition) is 9. The monoisotopic (exact) mass is 508 g/mol. The number of nitrogens with one attached hydrogen (secondary N) is 2. The van der Waals surface area contributed by atoms with Crippen LogP contribution in [0.2, 0.25) is 0 Å². The van der Waals surface area contributed by atoms with Crippen LogP contribution in [0, 0.1) is 18.3 Å². The number of aryl methyl sites for hydroxylation is 1. The van der Waals surface area contributed by atoms with Gasteiger partial charge in [-0.3, -0.25) is 9.69 Å². The van der Waals surface area contributed by atoms with E-state index in [0.29, 0.717) is 34.7 Å². The second kappa shape index (κ2) is 10.4. The number of nitrogens with zero attached hydrogens (tertiary/aromatic N) is 8. The first-order chi connectivity index (χ1) is 17.4. The van der Waals surface area contributed by atoms with Crippen LogP contribution >= 0.6 is 11.3 Å². The van der Waals surface area contributed by atoms with Gasteiger partial charge < -0.3 is 9.88 Å². The standard InChI is InChI=1S/C24H32N10OS/c1-14(2)24-30-27-15(3)34(24)18-10-16-4-5-17(11-18)33(16)9-8-20(21-7-6-19(13-25)36-21)26-23(35)12-22-28-31-32-29-22/h6-7,14,16-18,20H,4-5,8-12H2,1-3H3,(H,26,35)(H,28,29,31,32)/t16?,17?,18?,20-/m0/s1. The number of H-pyrrole nitrogens is 1. The molecule has 0 radical (unpaired) electrons. The summed E-state index contributed by atoms with van der Waals surface area (Å²) in [5.41, 5.74) is 0. The summed E-state index contributed by atoms with van der Waals surface area (Å²) in [5.74, 6) is 2.65. The molecule has 2 fully saturated rings. The Bertz CT molecular complexity index is 1210. The van der Waals surface area contributed by atoms with Crippen LogP contribution in [0.3, 0.4) is 0 Å². The summed E-state index contributed by atoms with van der Waals surface area (Å²) in [4.78, 5) is 17.0. The van der Waals surface area contributed by atoms with E-state index in [4.69, 9.17) is 0 Å². The van der Waals surface area contributed by atoms with Gasteiger partial charge in [0.1, 0.15) is 22.6 Å². The molecule has 2 bridgehead atoms. The van der Waals surface area contributed by atoms with Gasteiger partial charge in [-0.2, -0.15) is 10.5 Å². The number of aromatic nitrogens is 7. The lowest BCUT2D eigenvalue weighted by molar-refractivity contribution is -0.121. The molecule has 0 aliphatic carbocycles. The Morgan fingerprint density at radius 2 is 2.00 bits per heavy atom. The van der Waals surface area contributed by atoms with E-state index in [-0.39, 0.29) is 18.4 Å². The highest BCUT2D eigenvalue weighted by atomic mass is 32.1. The first-order valence-corrected chi connectivity index (χ1v) is 13.4. The van der Waals surface area contributed by atoms with Crippen molar-refractivity contribution in [1.82, 2.24) is 45.6 Å². The Balaban J connectivity index is 1.26. The number of aromatic amines is 1. The second-order valence-electron chi connectivity index (χ2n) is 10.1. The van der Waals surface area contributed by atoms with E-state index < -0.39 is 0 Å². The number of carbonyl (C=O) groups is 1. The molecule has 2 saturated heterocycles. The molecular weight excluding hydrogens is 476 g/mol. The van der Waals surface area contributed by atoms with Gasteiger partial charge in [-0.15, -0.1) is 31.7 Å². The molecule has 2 aliphatic heterocycles. The smallest absolute Gasteiger partial charge is 0.228 e. The van der Waals surface area contributed by atoms with Crippen molar-refractivity contribution in [2.45, 2.75) is 89.4 Å². The Labute approximate surface area is 214 Å². The number of hydrogen-bond donors (Lipinski definition) is 2. The SMILES string of the molecule is Cc1nnc(C(C)C)n1C1CC2CCC(C1)N2CC[C@H](NC(=O)Cc1nn[nH]n1)c1ccc(C#N)s1. The molecule has 190 valence electrons. The zero-order valence-corrected chi connectivity index (χ0v) is 21.7. The fourth-order valence-electron chi connectivity index (χ4n) is 5.86. The number of fused-ring (bicyclic) bond motifs is 2. The minimum Gasteiger partial charge on any atom is -0.348 e. The molecule has 5 heterocycles. The first-order valence-electron chi connectivity index (χ1n) is 12.6. The molecule has 36 heavy (non-hydrogen) atoms. The molecule has 2 N–H and O–H groups in total. The third kappa shape index (κ3) is 5.03. The van der Waals surface area contributed by atoms with Gasteiger partial charge in [0, 0.05) is 35.5 Å². The highest BCUT2D eigenvalue weighted by Gasteiger charge is 2.42. The number of amides is 1. The molecule has 2 unspecified atom stereocenters. The Morgan fingerprint density at radius 3 is 2.64 bits per heavy atom. The van der Waals surface area contributed by atoms with Crippen molar-refractivity contribution in [2.24, 2.45) is 0 Å². The van der Waals surface area contributed by atoms with Crippen LogP contribution in [-0.4, -0.2) is 64.8 Å².